The standard InChI is InChI=1S/C28H27FN2O/c1-18-5-3-4-6-24(18)28-27(29)25-16-23(32)13-14-26(25)31(28)17-21-9-7-20(8-10-21)15-19(2)30-22-11-12-22/h3,5,7-10,13-14,16,19,22,30,32H,11-12,15,17H2,1-2H3. The van der Waals surface area contributed by atoms with Crippen LogP contribution in [0.4, 0.5) is 4.39 Å². The van der Waals surface area contributed by atoms with Gasteiger partial charge in [0.1, 0.15) is 5.75 Å². The minimum Gasteiger partial charge on any atom is -0.508 e. The Hall–Kier alpha value is -3.29. The van der Waals surface area contributed by atoms with Gasteiger partial charge in [0.05, 0.1) is 16.8 Å². The van der Waals surface area contributed by atoms with Crippen LogP contribution in [0, 0.1) is 24.9 Å². The van der Waals surface area contributed by atoms with E-state index in [1.165, 1.54) is 24.5 Å². The van der Waals surface area contributed by atoms with Gasteiger partial charge in [-0.1, -0.05) is 36.4 Å². The number of hydrogen-bond donors (Lipinski definition) is 2. The molecule has 0 radical (unpaired) electrons. The lowest BCUT2D eigenvalue weighted by Crippen LogP contribution is -2.29. The van der Waals surface area contributed by atoms with Gasteiger partial charge >= 0.3 is 0 Å². The number of phenolic OH excluding ortho intramolecular Hbond substituents is 1. The van der Waals surface area contributed by atoms with Gasteiger partial charge in [0.15, 0.2) is 5.82 Å². The van der Waals surface area contributed by atoms with E-state index in [0.29, 0.717) is 35.3 Å². The quantitative estimate of drug-likeness (QED) is 0.392. The number of nitrogens with one attached hydrogen (secondary N) is 1. The Kier molecular flexibility index (Phi) is 5.36. The van der Waals surface area contributed by atoms with Crippen molar-refractivity contribution in [2.75, 3.05) is 0 Å². The molecule has 0 bridgehead atoms. The molecule has 1 saturated carbocycles. The molecule has 1 aliphatic carbocycles. The smallest absolute Gasteiger partial charge is 0.157 e. The maximum absolute atomic E-state index is 15.6. The number of fused-ring (bicyclic) bond motifs is 1. The summed E-state index contributed by atoms with van der Waals surface area (Å²) >= 11 is 0. The highest BCUT2D eigenvalue weighted by molar-refractivity contribution is 5.89. The van der Waals surface area contributed by atoms with Crippen LogP contribution in [0.15, 0.2) is 54.6 Å². The molecule has 0 amide bonds. The summed E-state index contributed by atoms with van der Waals surface area (Å²) in [5.41, 5.74) is 5.25. The van der Waals surface area contributed by atoms with Crippen molar-refractivity contribution in [3.05, 3.63) is 89.2 Å². The van der Waals surface area contributed by atoms with Crippen LogP contribution in [-0.4, -0.2) is 21.8 Å². The Labute approximate surface area is 188 Å². The van der Waals surface area contributed by atoms with E-state index in [1.807, 2.05) is 17.6 Å². The average molecular weight is 427 g/mol. The number of aryl methyl sites for hydroxylation is 1. The van der Waals surface area contributed by atoms with E-state index in [-0.39, 0.29) is 11.6 Å². The van der Waals surface area contributed by atoms with Crippen molar-refractivity contribution in [2.24, 2.45) is 0 Å². The molecule has 162 valence electrons. The Morgan fingerprint density at radius 1 is 1.12 bits per heavy atom. The van der Waals surface area contributed by atoms with Crippen LogP contribution in [0.2, 0.25) is 0 Å². The first-order chi connectivity index (χ1) is 15.5. The molecule has 1 aliphatic rings. The predicted octanol–water partition coefficient (Wildman–Crippen LogP) is 5.79. The van der Waals surface area contributed by atoms with Gasteiger partial charge in [0, 0.05) is 24.0 Å². The molecule has 1 aromatic heterocycles. The fraction of sp³-hybridized carbons (Fsp3) is 0.286. The molecule has 4 heteroatoms. The van der Waals surface area contributed by atoms with Gasteiger partial charge < -0.3 is 15.0 Å². The topological polar surface area (TPSA) is 37.2 Å². The summed E-state index contributed by atoms with van der Waals surface area (Å²) in [4.78, 5) is 0. The Bertz CT molecular complexity index is 1250. The summed E-state index contributed by atoms with van der Waals surface area (Å²) in [6, 6.07) is 24.4. The van der Waals surface area contributed by atoms with E-state index in [1.54, 1.807) is 18.2 Å². The molecule has 3 nitrogen and oxygen atoms in total. The number of aromatic hydroxyl groups is 1. The van der Waals surface area contributed by atoms with Crippen molar-refractivity contribution in [3.8, 4) is 17.0 Å². The summed E-state index contributed by atoms with van der Waals surface area (Å²) in [6.45, 7) is 4.71. The molecule has 4 aromatic rings. The van der Waals surface area contributed by atoms with Crippen LogP contribution in [0.1, 0.15) is 36.5 Å². The van der Waals surface area contributed by atoms with Crippen LogP contribution < -0.4 is 5.32 Å². The van der Waals surface area contributed by atoms with Gasteiger partial charge in [0.25, 0.3) is 0 Å². The van der Waals surface area contributed by atoms with Crippen molar-refractivity contribution in [3.63, 3.8) is 0 Å². The molecule has 32 heavy (non-hydrogen) atoms. The maximum Gasteiger partial charge on any atom is 0.157 e. The number of phenols is 1. The van der Waals surface area contributed by atoms with Gasteiger partial charge in [-0.3, -0.25) is 0 Å². The van der Waals surface area contributed by atoms with E-state index in [4.69, 9.17) is 0 Å². The van der Waals surface area contributed by atoms with Crippen LogP contribution in [0.5, 0.6) is 5.75 Å². The highest BCUT2D eigenvalue weighted by Crippen LogP contribution is 2.35. The third kappa shape index (κ3) is 4.09. The number of halogens is 1. The minimum absolute atomic E-state index is 0.0544. The molecule has 3 aromatic carbocycles. The van der Waals surface area contributed by atoms with Crippen molar-refractivity contribution < 1.29 is 9.50 Å². The zero-order valence-electron chi connectivity index (χ0n) is 18.5. The van der Waals surface area contributed by atoms with E-state index in [2.05, 4.69) is 48.6 Å². The van der Waals surface area contributed by atoms with Crippen molar-refractivity contribution >= 4 is 10.9 Å². The van der Waals surface area contributed by atoms with Gasteiger partial charge in [-0.05, 0) is 80.1 Å². The summed E-state index contributed by atoms with van der Waals surface area (Å²) in [7, 11) is 0. The third-order valence-corrected chi connectivity index (χ3v) is 6.23. The van der Waals surface area contributed by atoms with Crippen LogP contribution in [-0.2, 0) is 13.0 Å². The lowest BCUT2D eigenvalue weighted by Gasteiger charge is -2.14. The lowest BCUT2D eigenvalue weighted by atomic mass is 10.0. The molecular formula is C28H27FN2O. The SMILES string of the molecule is Cc1ccc#cc1-c1c(F)c2cc(O)ccc2n1Cc1ccc(CC(C)NC2CC2)cc1. The normalized spacial score (nSPS) is 14.5. The molecule has 0 aliphatic heterocycles. The number of hydrogen-bond acceptors (Lipinski definition) is 2. The van der Waals surface area contributed by atoms with E-state index >= 15 is 4.39 Å². The van der Waals surface area contributed by atoms with E-state index in [0.717, 1.165) is 23.1 Å². The Balaban J connectivity index is 1.49. The van der Waals surface area contributed by atoms with E-state index < -0.39 is 0 Å². The second-order valence-corrected chi connectivity index (χ2v) is 8.97. The minimum atomic E-state index is -0.341. The van der Waals surface area contributed by atoms with Crippen molar-refractivity contribution in [1.82, 2.24) is 9.88 Å². The first kappa shape index (κ1) is 20.6. The first-order valence-electron chi connectivity index (χ1n) is 11.2. The molecule has 5 rings (SSSR count). The molecule has 1 unspecified atom stereocenters. The highest BCUT2D eigenvalue weighted by Gasteiger charge is 2.23. The first-order valence-corrected chi connectivity index (χ1v) is 11.2. The molecule has 0 saturated heterocycles. The number of rotatable bonds is 7. The summed E-state index contributed by atoms with van der Waals surface area (Å²) < 4.78 is 17.6. The third-order valence-electron chi connectivity index (χ3n) is 6.23. The Morgan fingerprint density at radius 3 is 2.59 bits per heavy atom. The fourth-order valence-corrected chi connectivity index (χ4v) is 4.45. The Morgan fingerprint density at radius 2 is 1.88 bits per heavy atom. The monoisotopic (exact) mass is 426 g/mol. The van der Waals surface area contributed by atoms with Gasteiger partial charge in [-0.15, -0.1) is 0 Å². The lowest BCUT2D eigenvalue weighted by molar-refractivity contribution is 0.476. The highest BCUT2D eigenvalue weighted by atomic mass is 19.1. The molecule has 0 spiro atoms. The average Bonchev–Trinajstić information content (AvgIpc) is 3.55. The zero-order chi connectivity index (χ0) is 22.2. The van der Waals surface area contributed by atoms with Gasteiger partial charge in [0.2, 0.25) is 0 Å². The largest absolute Gasteiger partial charge is 0.508 e. The molecule has 1 atom stereocenters. The van der Waals surface area contributed by atoms with Crippen LogP contribution in [0.3, 0.4) is 0 Å². The van der Waals surface area contributed by atoms with Crippen LogP contribution >= 0.6 is 0 Å². The second kappa shape index (κ2) is 8.33. The summed E-state index contributed by atoms with van der Waals surface area (Å²) in [6.07, 6.45) is 3.58. The predicted molar refractivity (Wildman–Crippen MR) is 126 cm³/mol. The fourth-order valence-electron chi connectivity index (χ4n) is 4.45. The maximum atomic E-state index is 15.6. The number of benzene rings is 2. The van der Waals surface area contributed by atoms with Gasteiger partial charge in [-0.2, -0.15) is 0 Å². The van der Waals surface area contributed by atoms with Crippen molar-refractivity contribution in [2.45, 2.75) is 51.7 Å². The molecule has 2 N–H and O–H groups in total. The zero-order valence-corrected chi connectivity index (χ0v) is 18.5. The summed E-state index contributed by atoms with van der Waals surface area (Å²) in [5.74, 6) is -0.287. The summed E-state index contributed by atoms with van der Waals surface area (Å²) in [5, 5.41) is 14.0. The van der Waals surface area contributed by atoms with Crippen molar-refractivity contribution in [1.29, 1.82) is 0 Å². The molecule has 1 heterocycles. The van der Waals surface area contributed by atoms with E-state index in [9.17, 15) is 5.11 Å². The van der Waals surface area contributed by atoms with Crippen LogP contribution in [0.25, 0.3) is 22.2 Å². The number of aromatic nitrogens is 1. The number of nitrogens with zero attached hydrogens (tertiary/aromatic N) is 1. The molecule has 1 fully saturated rings. The van der Waals surface area contributed by atoms with Gasteiger partial charge in [-0.25, -0.2) is 4.39 Å². The molecular weight excluding hydrogens is 399 g/mol. The second-order valence-electron chi connectivity index (χ2n) is 8.97.